The van der Waals surface area contributed by atoms with Crippen LogP contribution in [-0.2, 0) is 0 Å². The van der Waals surface area contributed by atoms with E-state index in [0.29, 0.717) is 0 Å². The summed E-state index contributed by atoms with van der Waals surface area (Å²) in [4.78, 5) is 10.9. The molecule has 0 saturated carbocycles. The van der Waals surface area contributed by atoms with E-state index in [2.05, 4.69) is 168 Å². The monoisotopic (exact) mass is 600 g/mol. The second-order valence-corrected chi connectivity index (χ2v) is 13.5. The molecular formula is C43H56N2. The summed E-state index contributed by atoms with van der Waals surface area (Å²) < 4.78 is 0. The Morgan fingerprint density at radius 1 is 0.533 bits per heavy atom. The molecule has 0 amide bonds. The third-order valence-electron chi connectivity index (χ3n) is 10.5. The third-order valence-corrected chi connectivity index (χ3v) is 10.5. The van der Waals surface area contributed by atoms with Gasteiger partial charge < -0.3 is 0 Å². The summed E-state index contributed by atoms with van der Waals surface area (Å²) in [7, 11) is 0. The van der Waals surface area contributed by atoms with Gasteiger partial charge in [-0.05, 0) is 93.9 Å². The summed E-state index contributed by atoms with van der Waals surface area (Å²) in [5, 5.41) is 1.86. The van der Waals surface area contributed by atoms with Gasteiger partial charge in [-0.1, -0.05) is 138 Å². The largest absolute Gasteiger partial charge is 0.244 e. The molecule has 2 heteroatoms. The summed E-state index contributed by atoms with van der Waals surface area (Å²) >= 11 is 0. The number of nitrogens with zero attached hydrogens (tertiary/aromatic N) is 2. The lowest BCUT2D eigenvalue weighted by Gasteiger charge is -2.27. The quantitative estimate of drug-likeness (QED) is 0.205. The average Bonchev–Trinajstić information content (AvgIpc) is 3.08. The Balaban J connectivity index is 2.47. The second-order valence-electron chi connectivity index (χ2n) is 13.5. The van der Waals surface area contributed by atoms with Crippen LogP contribution in [0.4, 0.5) is 0 Å². The molecule has 0 aliphatic carbocycles. The Labute approximate surface area is 274 Å². The van der Waals surface area contributed by atoms with Gasteiger partial charge in [0.1, 0.15) is 0 Å². The van der Waals surface area contributed by atoms with Gasteiger partial charge in [0.05, 0.1) is 22.1 Å². The van der Waals surface area contributed by atoms with Gasteiger partial charge >= 0.3 is 0 Å². The van der Waals surface area contributed by atoms with Crippen molar-refractivity contribution in [1.29, 1.82) is 0 Å². The molecule has 0 saturated heterocycles. The van der Waals surface area contributed by atoms with Crippen molar-refractivity contribution in [2.24, 2.45) is 10.8 Å². The molecule has 0 fully saturated rings. The van der Waals surface area contributed by atoms with Crippen molar-refractivity contribution in [3.8, 4) is 22.5 Å². The van der Waals surface area contributed by atoms with Crippen molar-refractivity contribution >= 4 is 11.1 Å². The van der Waals surface area contributed by atoms with E-state index in [4.69, 9.17) is 9.97 Å². The van der Waals surface area contributed by atoms with E-state index in [1.807, 2.05) is 0 Å². The molecule has 238 valence electrons. The Bertz CT molecular complexity index is 1710. The van der Waals surface area contributed by atoms with Gasteiger partial charge in [-0.2, -0.15) is 0 Å². The number of allylic oxidation sites excluding steroid dienone is 8. The molecular weight excluding hydrogens is 544 g/mol. The number of hydrogen-bond acceptors (Lipinski definition) is 2. The fourth-order valence-corrected chi connectivity index (χ4v) is 5.19. The highest BCUT2D eigenvalue weighted by Crippen LogP contribution is 2.34. The predicted octanol–water partition coefficient (Wildman–Crippen LogP) is 11.2. The number of rotatable bonds is 11. The molecule has 0 spiro atoms. The first-order valence-corrected chi connectivity index (χ1v) is 16.7. The molecule has 0 atom stereocenters. The van der Waals surface area contributed by atoms with Gasteiger partial charge in [0.15, 0.2) is 0 Å². The Hall–Kier alpha value is -3.78. The van der Waals surface area contributed by atoms with Crippen LogP contribution in [0.2, 0.25) is 0 Å². The standard InChI is InChI=1S/C43H56N2/c1-13-42(10,11)32(6)28-26-30(4)34(8)38-39(35(9)31(5)27-29-33(7)43(12,14-2)15-3)45-41(37-24-20-17-21-25-37)40(44-38)36-22-18-16-19-23-36/h16-29H,13-15H2,1-12H3/b30-26+,31-27+,32-28+,33-29+,38-34-,39-35-. The molecule has 45 heavy (non-hydrogen) atoms. The second kappa shape index (κ2) is 15.5. The lowest BCUT2D eigenvalue weighted by atomic mass is 9.78. The van der Waals surface area contributed by atoms with Crippen LogP contribution >= 0.6 is 0 Å². The van der Waals surface area contributed by atoms with Crippen molar-refractivity contribution in [2.75, 3.05) is 0 Å². The predicted molar refractivity (Wildman–Crippen MR) is 198 cm³/mol. The van der Waals surface area contributed by atoms with Crippen LogP contribution in [0.3, 0.4) is 0 Å². The minimum atomic E-state index is 0.164. The molecule has 0 aliphatic rings. The zero-order chi connectivity index (χ0) is 33.4. The fourth-order valence-electron chi connectivity index (χ4n) is 5.19. The smallest absolute Gasteiger partial charge is 0.0973 e. The maximum absolute atomic E-state index is 5.48. The molecule has 0 unspecified atom stereocenters. The molecule has 1 aromatic heterocycles. The highest BCUT2D eigenvalue weighted by Gasteiger charge is 2.21. The first-order valence-electron chi connectivity index (χ1n) is 16.7. The first kappa shape index (κ1) is 35.7. The normalized spacial score (nSPS) is 15.3. The van der Waals surface area contributed by atoms with Crippen molar-refractivity contribution in [3.05, 3.63) is 118 Å². The van der Waals surface area contributed by atoms with Crippen molar-refractivity contribution in [3.63, 3.8) is 0 Å². The fraction of sp³-hybridized carbons (Fsp3) is 0.395. The van der Waals surface area contributed by atoms with E-state index in [9.17, 15) is 0 Å². The van der Waals surface area contributed by atoms with Gasteiger partial charge in [-0.25, -0.2) is 9.97 Å². The molecule has 3 rings (SSSR count). The maximum atomic E-state index is 5.48. The summed E-state index contributed by atoms with van der Waals surface area (Å²) in [6.45, 7) is 27.1. The van der Waals surface area contributed by atoms with Gasteiger partial charge in [0.2, 0.25) is 0 Å². The van der Waals surface area contributed by atoms with Crippen LogP contribution in [0.25, 0.3) is 33.7 Å². The van der Waals surface area contributed by atoms with Crippen molar-refractivity contribution in [2.45, 2.75) is 102 Å². The topological polar surface area (TPSA) is 25.8 Å². The Kier molecular flexibility index (Phi) is 12.3. The minimum absolute atomic E-state index is 0.164. The van der Waals surface area contributed by atoms with Crippen LogP contribution in [0, 0.1) is 10.8 Å². The highest BCUT2D eigenvalue weighted by molar-refractivity contribution is 5.79. The molecule has 0 radical (unpaired) electrons. The first-order chi connectivity index (χ1) is 21.3. The summed E-state index contributed by atoms with van der Waals surface area (Å²) in [5.74, 6) is 0. The Morgan fingerprint density at radius 3 is 1.27 bits per heavy atom. The number of benzene rings is 2. The summed E-state index contributed by atoms with van der Waals surface area (Å²) in [6.07, 6.45) is 12.5. The van der Waals surface area contributed by atoms with Crippen LogP contribution in [0.15, 0.2) is 107 Å². The van der Waals surface area contributed by atoms with E-state index in [0.717, 1.165) is 63.6 Å². The molecule has 3 aromatic rings. The maximum Gasteiger partial charge on any atom is 0.0973 e. The summed E-state index contributed by atoms with van der Waals surface area (Å²) in [6, 6.07) is 20.9. The molecule has 1 heterocycles. The van der Waals surface area contributed by atoms with Gasteiger partial charge in [-0.15, -0.1) is 0 Å². The molecule has 0 bridgehead atoms. The Morgan fingerprint density at radius 2 is 0.911 bits per heavy atom. The average molecular weight is 601 g/mol. The zero-order valence-electron chi connectivity index (χ0n) is 30.1. The molecule has 0 N–H and O–H groups in total. The van der Waals surface area contributed by atoms with Crippen LogP contribution in [-0.4, -0.2) is 9.97 Å². The zero-order valence-corrected chi connectivity index (χ0v) is 30.1. The minimum Gasteiger partial charge on any atom is -0.244 e. The van der Waals surface area contributed by atoms with E-state index >= 15 is 0 Å². The number of aromatic nitrogens is 2. The van der Waals surface area contributed by atoms with Crippen LogP contribution in [0.1, 0.15) is 102 Å². The molecule has 0 aliphatic heterocycles. The third kappa shape index (κ3) is 8.48. The van der Waals surface area contributed by atoms with E-state index in [1.54, 1.807) is 0 Å². The number of hydrogen-bond donors (Lipinski definition) is 0. The van der Waals surface area contributed by atoms with E-state index in [-0.39, 0.29) is 10.8 Å². The molecule has 2 aromatic carbocycles. The van der Waals surface area contributed by atoms with Crippen molar-refractivity contribution in [1.82, 2.24) is 9.97 Å². The van der Waals surface area contributed by atoms with E-state index in [1.165, 1.54) is 22.3 Å². The van der Waals surface area contributed by atoms with E-state index < -0.39 is 0 Å². The van der Waals surface area contributed by atoms with Gasteiger partial charge in [0.25, 0.3) is 0 Å². The van der Waals surface area contributed by atoms with Gasteiger partial charge in [0, 0.05) is 11.1 Å². The lowest BCUT2D eigenvalue weighted by Crippen LogP contribution is -2.36. The van der Waals surface area contributed by atoms with Gasteiger partial charge in [-0.3, -0.25) is 0 Å². The van der Waals surface area contributed by atoms with Crippen LogP contribution in [0.5, 0.6) is 0 Å². The lowest BCUT2D eigenvalue weighted by molar-refractivity contribution is 0.368. The highest BCUT2D eigenvalue weighted by atomic mass is 14.8. The van der Waals surface area contributed by atoms with Crippen molar-refractivity contribution < 1.29 is 0 Å². The summed E-state index contributed by atoms with van der Waals surface area (Å²) in [5.41, 5.74) is 11.7. The van der Waals surface area contributed by atoms with Crippen LogP contribution < -0.4 is 10.7 Å². The molecule has 2 nitrogen and oxygen atoms in total. The SMILES string of the molecule is CCC(C)(C)/C(C)=C/C=C(C)/C(C)=c1\nc(-c2ccccc2)c(-c2ccccc2)n\c1=C(C)/C(C)=C/C=C(\C)C(C)(CC)CC.